The molecule has 11 rings (SSSR count). The summed E-state index contributed by atoms with van der Waals surface area (Å²) in [4.78, 5) is 22.7. The molecule has 0 unspecified atom stereocenters. The van der Waals surface area contributed by atoms with Crippen LogP contribution in [0.4, 0.5) is 0 Å². The molecule has 0 saturated heterocycles. The van der Waals surface area contributed by atoms with Gasteiger partial charge in [0.15, 0.2) is 17.5 Å². The first-order chi connectivity index (χ1) is 29.7. The molecule has 5 heteroatoms. The number of aromatic nitrogens is 4. The van der Waals surface area contributed by atoms with Gasteiger partial charge in [0.2, 0.25) is 0 Å². The van der Waals surface area contributed by atoms with Crippen molar-refractivity contribution >= 4 is 22.7 Å². The maximum absolute atomic E-state index is 5.15. The molecule has 0 bridgehead atoms. The van der Waals surface area contributed by atoms with Gasteiger partial charge in [0.25, 0.3) is 0 Å². The summed E-state index contributed by atoms with van der Waals surface area (Å²) in [6, 6.07) is 75.2. The van der Waals surface area contributed by atoms with Crippen molar-refractivity contribution in [2.45, 2.75) is 15.2 Å². The topological polar surface area (TPSA) is 51.6 Å². The van der Waals surface area contributed by atoms with Crippen molar-refractivity contribution in [3.05, 3.63) is 241 Å². The van der Waals surface area contributed by atoms with Crippen molar-refractivity contribution in [2.75, 3.05) is 0 Å². The summed E-state index contributed by atoms with van der Waals surface area (Å²) in [5, 5.41) is 1.13. The number of fused-ring (bicyclic) bond motifs is 3. The zero-order chi connectivity index (χ0) is 39.9. The van der Waals surface area contributed by atoms with Gasteiger partial charge in [0, 0.05) is 43.6 Å². The molecular formula is C55H36N4S. The summed E-state index contributed by atoms with van der Waals surface area (Å²) in [7, 11) is 0. The van der Waals surface area contributed by atoms with Crippen LogP contribution in [0.1, 0.15) is 22.3 Å². The predicted octanol–water partition coefficient (Wildman–Crippen LogP) is 13.6. The summed E-state index contributed by atoms with van der Waals surface area (Å²) in [5.41, 5.74) is 12.4. The van der Waals surface area contributed by atoms with E-state index in [2.05, 4.69) is 146 Å². The molecule has 1 aliphatic heterocycles. The normalized spacial score (nSPS) is 12.7. The Balaban J connectivity index is 1.15. The van der Waals surface area contributed by atoms with Gasteiger partial charge in [0.05, 0.1) is 10.9 Å². The van der Waals surface area contributed by atoms with Crippen molar-refractivity contribution in [1.82, 2.24) is 19.9 Å². The van der Waals surface area contributed by atoms with Gasteiger partial charge in [-0.05, 0) is 69.3 Å². The Morgan fingerprint density at radius 2 is 0.817 bits per heavy atom. The molecule has 0 atom stereocenters. The molecule has 3 heterocycles. The fourth-order valence-corrected chi connectivity index (χ4v) is 10.00. The van der Waals surface area contributed by atoms with Gasteiger partial charge in [-0.1, -0.05) is 194 Å². The van der Waals surface area contributed by atoms with Gasteiger partial charge in [-0.3, -0.25) is 4.98 Å². The van der Waals surface area contributed by atoms with Crippen LogP contribution in [-0.4, -0.2) is 19.9 Å². The average molecular weight is 785 g/mol. The Bertz CT molecular complexity index is 3080. The van der Waals surface area contributed by atoms with Crippen LogP contribution in [0.2, 0.25) is 0 Å². The second-order valence-electron chi connectivity index (χ2n) is 15.0. The third-order valence-corrected chi connectivity index (χ3v) is 12.7. The molecule has 0 saturated carbocycles. The maximum atomic E-state index is 5.15. The minimum Gasteiger partial charge on any atom is -0.256 e. The number of hydrogen-bond donors (Lipinski definition) is 0. The summed E-state index contributed by atoms with van der Waals surface area (Å²) in [5.74, 6) is 1.89. The van der Waals surface area contributed by atoms with E-state index in [4.69, 9.17) is 19.9 Å². The lowest BCUT2D eigenvalue weighted by Gasteiger charge is -2.42. The molecule has 0 spiro atoms. The predicted molar refractivity (Wildman–Crippen MR) is 245 cm³/mol. The zero-order valence-electron chi connectivity index (χ0n) is 32.5. The molecule has 1 aliphatic rings. The van der Waals surface area contributed by atoms with E-state index in [1.807, 2.05) is 84.7 Å². The van der Waals surface area contributed by atoms with E-state index in [9.17, 15) is 0 Å². The van der Waals surface area contributed by atoms with Crippen molar-refractivity contribution in [3.8, 4) is 56.4 Å². The summed E-state index contributed by atoms with van der Waals surface area (Å²) in [6.45, 7) is 0. The van der Waals surface area contributed by atoms with Crippen LogP contribution in [0.3, 0.4) is 0 Å². The van der Waals surface area contributed by atoms with Gasteiger partial charge in [-0.25, -0.2) is 15.0 Å². The molecule has 0 N–H and O–H groups in total. The first-order valence-electron chi connectivity index (χ1n) is 20.1. The zero-order valence-corrected chi connectivity index (χ0v) is 33.3. The monoisotopic (exact) mass is 784 g/mol. The molecule has 60 heavy (non-hydrogen) atoms. The summed E-state index contributed by atoms with van der Waals surface area (Å²) < 4.78 is 0. The highest BCUT2D eigenvalue weighted by Gasteiger charge is 2.44. The second-order valence-corrected chi connectivity index (χ2v) is 16.1. The van der Waals surface area contributed by atoms with Crippen LogP contribution >= 0.6 is 11.8 Å². The van der Waals surface area contributed by atoms with Crippen LogP contribution in [0, 0.1) is 0 Å². The summed E-state index contributed by atoms with van der Waals surface area (Å²) >= 11 is 1.83. The van der Waals surface area contributed by atoms with Crippen molar-refractivity contribution in [2.24, 2.45) is 0 Å². The Morgan fingerprint density at radius 1 is 0.350 bits per heavy atom. The Kier molecular flexibility index (Phi) is 8.94. The van der Waals surface area contributed by atoms with Gasteiger partial charge >= 0.3 is 0 Å². The highest BCUT2D eigenvalue weighted by Crippen LogP contribution is 2.56. The SMILES string of the molecule is c1ccc(-c2nc(-c3ccccc3)nc(-c3cccc(C4(c5cccc(-c6ccc(-c7ccccc7)c7cccnc67)c5)c5ccccc5Sc5ccccc54)c3)n2)cc1. The summed E-state index contributed by atoms with van der Waals surface area (Å²) in [6.07, 6.45) is 1.90. The molecule has 282 valence electrons. The lowest BCUT2D eigenvalue weighted by atomic mass is 9.64. The number of benzene rings is 8. The highest BCUT2D eigenvalue weighted by atomic mass is 32.2. The van der Waals surface area contributed by atoms with Crippen molar-refractivity contribution < 1.29 is 0 Å². The largest absolute Gasteiger partial charge is 0.256 e. The molecule has 0 amide bonds. The molecule has 8 aromatic carbocycles. The maximum Gasteiger partial charge on any atom is 0.164 e. The van der Waals surface area contributed by atoms with Crippen LogP contribution < -0.4 is 0 Å². The quantitative estimate of drug-likeness (QED) is 0.161. The molecule has 2 aromatic heterocycles. The Labute approximate surface area is 353 Å². The Morgan fingerprint density at radius 3 is 1.42 bits per heavy atom. The molecule has 10 aromatic rings. The van der Waals surface area contributed by atoms with E-state index in [-0.39, 0.29) is 0 Å². The van der Waals surface area contributed by atoms with Crippen molar-refractivity contribution in [1.29, 1.82) is 0 Å². The lowest BCUT2D eigenvalue weighted by Crippen LogP contribution is -2.34. The van der Waals surface area contributed by atoms with Crippen LogP contribution in [0.15, 0.2) is 228 Å². The fraction of sp³-hybridized carbons (Fsp3) is 0.0182. The van der Waals surface area contributed by atoms with E-state index in [1.165, 1.54) is 37.6 Å². The number of pyridine rings is 1. The second kappa shape index (κ2) is 15.0. The molecule has 0 fully saturated rings. The molecule has 0 aliphatic carbocycles. The number of nitrogens with zero attached hydrogens (tertiary/aromatic N) is 4. The van der Waals surface area contributed by atoms with Gasteiger partial charge in [-0.2, -0.15) is 0 Å². The van der Waals surface area contributed by atoms with Crippen LogP contribution in [0.25, 0.3) is 67.3 Å². The fourth-order valence-electron chi connectivity index (χ4n) is 8.81. The first kappa shape index (κ1) is 35.7. The first-order valence-corrected chi connectivity index (χ1v) is 20.9. The van der Waals surface area contributed by atoms with Gasteiger partial charge < -0.3 is 0 Å². The van der Waals surface area contributed by atoms with E-state index >= 15 is 0 Å². The molecule has 0 radical (unpaired) electrons. The number of hydrogen-bond acceptors (Lipinski definition) is 5. The van der Waals surface area contributed by atoms with Gasteiger partial charge in [0.1, 0.15) is 0 Å². The van der Waals surface area contributed by atoms with E-state index in [1.54, 1.807) is 0 Å². The van der Waals surface area contributed by atoms with Gasteiger partial charge in [-0.15, -0.1) is 0 Å². The Hall–Kier alpha value is -7.47. The molecule has 4 nitrogen and oxygen atoms in total. The smallest absolute Gasteiger partial charge is 0.164 e. The van der Waals surface area contributed by atoms with Crippen LogP contribution in [0.5, 0.6) is 0 Å². The molecular weight excluding hydrogens is 749 g/mol. The minimum atomic E-state index is -0.685. The van der Waals surface area contributed by atoms with E-state index in [0.717, 1.165) is 44.3 Å². The van der Waals surface area contributed by atoms with E-state index < -0.39 is 5.41 Å². The lowest BCUT2D eigenvalue weighted by molar-refractivity contribution is 0.703. The average Bonchev–Trinajstić information content (AvgIpc) is 3.33. The third-order valence-electron chi connectivity index (χ3n) is 11.5. The standard InChI is InChI=1S/C55H36N4S/c1-4-17-37(18-5-1)44-32-33-45(51-46(44)27-16-34-56-51)40-23-14-25-42(35-40)55(47-28-10-12-30-49(47)60-50-31-13-11-29-48(50)55)43-26-15-24-41(36-43)54-58-52(38-19-6-2-7-20-38)57-53(59-54)39-21-8-3-9-22-39/h1-36H. The minimum absolute atomic E-state index is 0.622. The van der Waals surface area contributed by atoms with Crippen molar-refractivity contribution in [3.63, 3.8) is 0 Å². The van der Waals surface area contributed by atoms with E-state index in [0.29, 0.717) is 17.5 Å². The number of rotatable bonds is 7. The third kappa shape index (κ3) is 6.10. The van der Waals surface area contributed by atoms with Crippen LogP contribution in [-0.2, 0) is 5.41 Å². The highest BCUT2D eigenvalue weighted by molar-refractivity contribution is 7.99.